The Hall–Kier alpha value is -2.41. The fraction of sp³-hybridized carbons (Fsp3) is 0.278. The van der Waals surface area contributed by atoms with Crippen LogP contribution in [0.5, 0.6) is 5.75 Å². The highest BCUT2D eigenvalue weighted by Crippen LogP contribution is 2.26. The lowest BCUT2D eigenvalue weighted by Gasteiger charge is -2.29. The van der Waals surface area contributed by atoms with Crippen molar-refractivity contribution >= 4 is 27.5 Å². The maximum Gasteiger partial charge on any atom is 0.255 e. The van der Waals surface area contributed by atoms with Crippen LogP contribution in [0.2, 0.25) is 0 Å². The second-order valence-electron chi connectivity index (χ2n) is 6.11. The van der Waals surface area contributed by atoms with E-state index in [4.69, 9.17) is 4.74 Å². The van der Waals surface area contributed by atoms with Crippen LogP contribution in [0.3, 0.4) is 0 Å². The van der Waals surface area contributed by atoms with Gasteiger partial charge in [0.1, 0.15) is 5.75 Å². The van der Waals surface area contributed by atoms with Crippen LogP contribution in [0.4, 0.5) is 0 Å². The molecule has 128 valence electrons. The van der Waals surface area contributed by atoms with E-state index in [0.29, 0.717) is 24.4 Å². The number of carbonyl (C=O) groups excluding carboxylic acids is 1. The zero-order valence-electron chi connectivity index (χ0n) is 14.0. The molecule has 0 aliphatic carbocycles. The fourth-order valence-corrected chi connectivity index (χ4v) is 3.61. The number of fused-ring (bicyclic) bond motifs is 3. The lowest BCUT2D eigenvalue weighted by atomic mass is 10.1. The first-order valence-electron chi connectivity index (χ1n) is 8.03. The van der Waals surface area contributed by atoms with Crippen LogP contribution in [-0.4, -0.2) is 39.1 Å². The lowest BCUT2D eigenvalue weighted by Crippen LogP contribution is -2.37. The van der Waals surface area contributed by atoms with Crippen LogP contribution < -0.4 is 4.74 Å². The van der Waals surface area contributed by atoms with E-state index in [1.165, 1.54) is 0 Å². The zero-order chi connectivity index (χ0) is 17.6. The molecule has 2 aromatic heterocycles. The summed E-state index contributed by atoms with van der Waals surface area (Å²) in [5, 5.41) is 4.52. The molecule has 6 nitrogen and oxygen atoms in total. The molecule has 0 bridgehead atoms. The Morgan fingerprint density at radius 3 is 2.96 bits per heavy atom. The zero-order valence-corrected chi connectivity index (χ0v) is 15.6. The summed E-state index contributed by atoms with van der Waals surface area (Å²) in [4.78, 5) is 19.3. The van der Waals surface area contributed by atoms with E-state index in [1.54, 1.807) is 13.2 Å². The Morgan fingerprint density at radius 2 is 2.16 bits per heavy atom. The number of benzene rings is 1. The monoisotopic (exact) mass is 400 g/mol. The number of nitrogens with zero attached hydrogens (tertiary/aromatic N) is 4. The second-order valence-corrected chi connectivity index (χ2v) is 6.96. The van der Waals surface area contributed by atoms with E-state index in [1.807, 2.05) is 40.7 Å². The number of rotatable bonds is 2. The first kappa shape index (κ1) is 16.1. The van der Waals surface area contributed by atoms with Crippen molar-refractivity contribution in [1.82, 2.24) is 19.5 Å². The van der Waals surface area contributed by atoms with E-state index in [0.717, 1.165) is 33.5 Å². The summed E-state index contributed by atoms with van der Waals surface area (Å²) in [6.07, 6.45) is 2.61. The van der Waals surface area contributed by atoms with Crippen molar-refractivity contribution in [2.45, 2.75) is 19.9 Å². The Balaban J connectivity index is 1.66. The first-order valence-corrected chi connectivity index (χ1v) is 8.82. The van der Waals surface area contributed by atoms with E-state index in [-0.39, 0.29) is 5.91 Å². The van der Waals surface area contributed by atoms with Gasteiger partial charge in [-0.25, -0.2) is 9.50 Å². The summed E-state index contributed by atoms with van der Waals surface area (Å²) in [7, 11) is 1.59. The number of aromatic nitrogens is 3. The summed E-state index contributed by atoms with van der Waals surface area (Å²) >= 11 is 3.46. The van der Waals surface area contributed by atoms with Crippen LogP contribution in [-0.2, 0) is 13.0 Å². The van der Waals surface area contributed by atoms with Gasteiger partial charge in [0, 0.05) is 41.8 Å². The number of ether oxygens (including phenoxy) is 1. The van der Waals surface area contributed by atoms with Gasteiger partial charge in [0.25, 0.3) is 5.91 Å². The SMILES string of the molecule is COc1ccc(Br)c(C(=O)N2CCc3c(cnc4cc(C)nn34)C2)c1. The molecule has 0 radical (unpaired) electrons. The smallest absolute Gasteiger partial charge is 0.255 e. The lowest BCUT2D eigenvalue weighted by molar-refractivity contribution is 0.0731. The maximum absolute atomic E-state index is 13.0. The normalized spacial score (nSPS) is 13.8. The minimum absolute atomic E-state index is 0.0202. The van der Waals surface area contributed by atoms with Gasteiger partial charge in [0.15, 0.2) is 5.65 Å². The standard InChI is InChI=1S/C18H17BrN4O2/c1-11-7-17-20-9-12-10-22(6-5-16(12)23(17)21-11)18(24)14-8-13(25-2)3-4-15(14)19/h3-4,7-9H,5-6,10H2,1-2H3. The van der Waals surface area contributed by atoms with Gasteiger partial charge in [0.05, 0.1) is 24.1 Å². The average molecular weight is 401 g/mol. The Labute approximate surface area is 153 Å². The van der Waals surface area contributed by atoms with Crippen molar-refractivity contribution in [3.05, 3.63) is 57.4 Å². The predicted octanol–water partition coefficient (Wildman–Crippen LogP) is 3.01. The van der Waals surface area contributed by atoms with Gasteiger partial charge in [-0.15, -0.1) is 0 Å². The summed E-state index contributed by atoms with van der Waals surface area (Å²) in [6, 6.07) is 7.39. The van der Waals surface area contributed by atoms with Crippen molar-refractivity contribution in [3.8, 4) is 5.75 Å². The van der Waals surface area contributed by atoms with E-state index in [2.05, 4.69) is 26.0 Å². The van der Waals surface area contributed by atoms with Gasteiger partial charge in [-0.05, 0) is 41.1 Å². The number of aryl methyl sites for hydroxylation is 1. The fourth-order valence-electron chi connectivity index (χ4n) is 3.19. The molecular formula is C18H17BrN4O2. The van der Waals surface area contributed by atoms with Crippen molar-refractivity contribution in [2.75, 3.05) is 13.7 Å². The van der Waals surface area contributed by atoms with Crippen LogP contribution in [0.15, 0.2) is 34.9 Å². The summed E-state index contributed by atoms with van der Waals surface area (Å²) in [5.41, 5.74) is 4.57. The molecule has 3 heterocycles. The minimum atomic E-state index is -0.0202. The van der Waals surface area contributed by atoms with Gasteiger partial charge in [-0.1, -0.05) is 0 Å². The topological polar surface area (TPSA) is 59.7 Å². The molecule has 0 atom stereocenters. The van der Waals surface area contributed by atoms with Gasteiger partial charge < -0.3 is 9.64 Å². The number of carbonyl (C=O) groups is 1. The summed E-state index contributed by atoms with van der Waals surface area (Å²) < 4.78 is 7.90. The molecule has 1 amide bonds. The third-order valence-corrected chi connectivity index (χ3v) is 5.15. The number of hydrogen-bond acceptors (Lipinski definition) is 4. The van der Waals surface area contributed by atoms with Crippen LogP contribution in [0, 0.1) is 6.92 Å². The predicted molar refractivity (Wildman–Crippen MR) is 96.9 cm³/mol. The molecular weight excluding hydrogens is 384 g/mol. The number of methoxy groups -OCH3 is 1. The van der Waals surface area contributed by atoms with Crippen molar-refractivity contribution in [3.63, 3.8) is 0 Å². The third-order valence-electron chi connectivity index (χ3n) is 4.46. The van der Waals surface area contributed by atoms with E-state index >= 15 is 0 Å². The van der Waals surface area contributed by atoms with E-state index in [9.17, 15) is 4.79 Å². The number of hydrogen-bond donors (Lipinski definition) is 0. The Morgan fingerprint density at radius 1 is 1.32 bits per heavy atom. The second kappa shape index (κ2) is 6.15. The van der Waals surface area contributed by atoms with Gasteiger partial charge >= 0.3 is 0 Å². The Bertz CT molecular complexity index is 983. The molecule has 0 N–H and O–H groups in total. The molecule has 7 heteroatoms. The molecule has 0 saturated heterocycles. The molecule has 1 aromatic carbocycles. The molecule has 0 fully saturated rings. The summed E-state index contributed by atoms with van der Waals surface area (Å²) in [5.74, 6) is 0.646. The van der Waals surface area contributed by atoms with Gasteiger partial charge in [0.2, 0.25) is 0 Å². The molecule has 1 aliphatic heterocycles. The van der Waals surface area contributed by atoms with Crippen LogP contribution >= 0.6 is 15.9 Å². The molecule has 0 spiro atoms. The van der Waals surface area contributed by atoms with Crippen molar-refractivity contribution in [1.29, 1.82) is 0 Å². The highest BCUT2D eigenvalue weighted by atomic mass is 79.9. The molecule has 1 aliphatic rings. The highest BCUT2D eigenvalue weighted by molar-refractivity contribution is 9.10. The highest BCUT2D eigenvalue weighted by Gasteiger charge is 2.25. The number of amides is 1. The van der Waals surface area contributed by atoms with Crippen LogP contribution in [0.1, 0.15) is 27.3 Å². The van der Waals surface area contributed by atoms with Gasteiger partial charge in [-0.3, -0.25) is 4.79 Å². The van der Waals surface area contributed by atoms with Crippen molar-refractivity contribution in [2.24, 2.45) is 0 Å². The molecule has 25 heavy (non-hydrogen) atoms. The third kappa shape index (κ3) is 2.78. The molecule has 0 unspecified atom stereocenters. The summed E-state index contributed by atoms with van der Waals surface area (Å²) in [6.45, 7) is 3.13. The van der Waals surface area contributed by atoms with E-state index < -0.39 is 0 Å². The van der Waals surface area contributed by atoms with Gasteiger partial charge in [-0.2, -0.15) is 5.10 Å². The van der Waals surface area contributed by atoms with Crippen LogP contribution in [0.25, 0.3) is 5.65 Å². The van der Waals surface area contributed by atoms with Crippen molar-refractivity contribution < 1.29 is 9.53 Å². The molecule has 0 saturated carbocycles. The number of halogens is 1. The molecule has 3 aromatic rings. The maximum atomic E-state index is 13.0. The average Bonchev–Trinajstić information content (AvgIpc) is 3.01. The molecule has 4 rings (SSSR count). The minimum Gasteiger partial charge on any atom is -0.497 e. The quantitative estimate of drug-likeness (QED) is 0.663. The Kier molecular flexibility index (Phi) is 3.95. The first-order chi connectivity index (χ1) is 12.1. The largest absolute Gasteiger partial charge is 0.497 e.